The number of hydrogen-bond acceptors (Lipinski definition) is 3. The zero-order valence-corrected chi connectivity index (χ0v) is 13.1. The minimum atomic E-state index is -0.464. The topological polar surface area (TPSA) is 86.9 Å². The van der Waals surface area contributed by atoms with Crippen LogP contribution in [0.4, 0.5) is 5.69 Å². The molecular weight excluding hydrogens is 320 g/mol. The molecule has 0 aliphatic rings. The van der Waals surface area contributed by atoms with E-state index < -0.39 is 5.91 Å². The number of aryl methyl sites for hydroxylation is 1. The highest BCUT2D eigenvalue weighted by molar-refractivity contribution is 9.10. The number of carbonyl (C=O) groups excluding carboxylic acids is 1. The van der Waals surface area contributed by atoms with E-state index in [9.17, 15) is 4.79 Å². The second kappa shape index (κ2) is 5.66. The van der Waals surface area contributed by atoms with Crippen LogP contribution in [-0.4, -0.2) is 15.7 Å². The molecule has 0 spiro atoms. The fraction of sp³-hybridized carbons (Fsp3) is 0.286. The van der Waals surface area contributed by atoms with Crippen molar-refractivity contribution in [3.05, 3.63) is 39.6 Å². The highest BCUT2D eigenvalue weighted by Crippen LogP contribution is 2.25. The van der Waals surface area contributed by atoms with Crippen molar-refractivity contribution in [2.45, 2.75) is 26.7 Å². The first-order valence-corrected chi connectivity index (χ1v) is 7.24. The maximum Gasteiger partial charge on any atom is 0.249 e. The van der Waals surface area contributed by atoms with Crippen LogP contribution in [0.5, 0.6) is 0 Å². The van der Waals surface area contributed by atoms with Gasteiger partial charge in [0.05, 0.1) is 28.3 Å². The Hall–Kier alpha value is -1.82. The van der Waals surface area contributed by atoms with E-state index in [1.807, 2.05) is 30.7 Å². The number of nitrogens with two attached hydrogens (primary N) is 2. The summed E-state index contributed by atoms with van der Waals surface area (Å²) >= 11 is 3.36. The Morgan fingerprint density at radius 2 is 2.05 bits per heavy atom. The molecule has 20 heavy (non-hydrogen) atoms. The standard InChI is InChI=1S/C14H17BrN4O/c1-3-11-13(16)12(4-2)19(18-11)8-5-6-9(14(17)20)10(15)7-8/h5-7H,3-4,16H2,1-2H3,(H2,17,20). The number of aromatic nitrogens is 2. The predicted molar refractivity (Wildman–Crippen MR) is 83.0 cm³/mol. The second-order valence-electron chi connectivity index (χ2n) is 4.45. The van der Waals surface area contributed by atoms with Crippen molar-refractivity contribution in [1.29, 1.82) is 0 Å². The Labute approximate surface area is 126 Å². The van der Waals surface area contributed by atoms with E-state index in [4.69, 9.17) is 11.5 Å². The third-order valence-corrected chi connectivity index (χ3v) is 3.89. The molecule has 0 aliphatic heterocycles. The highest BCUT2D eigenvalue weighted by Gasteiger charge is 2.15. The Kier molecular flexibility index (Phi) is 4.13. The molecule has 0 aliphatic carbocycles. The lowest BCUT2D eigenvalue weighted by Gasteiger charge is -2.08. The number of nitrogens with zero attached hydrogens (tertiary/aromatic N) is 2. The van der Waals surface area contributed by atoms with E-state index in [1.165, 1.54) is 0 Å². The van der Waals surface area contributed by atoms with Crippen LogP contribution in [0.1, 0.15) is 35.6 Å². The monoisotopic (exact) mass is 336 g/mol. The van der Waals surface area contributed by atoms with Crippen LogP contribution in [0, 0.1) is 0 Å². The van der Waals surface area contributed by atoms with Crippen LogP contribution >= 0.6 is 15.9 Å². The van der Waals surface area contributed by atoms with Crippen molar-refractivity contribution in [2.24, 2.45) is 5.73 Å². The van der Waals surface area contributed by atoms with Crippen LogP contribution in [0.25, 0.3) is 5.69 Å². The molecule has 6 heteroatoms. The van der Waals surface area contributed by atoms with E-state index in [-0.39, 0.29) is 0 Å². The zero-order valence-electron chi connectivity index (χ0n) is 11.5. The van der Waals surface area contributed by atoms with Gasteiger partial charge in [0.1, 0.15) is 0 Å². The Bertz CT molecular complexity index is 663. The zero-order chi connectivity index (χ0) is 14.9. The van der Waals surface area contributed by atoms with Gasteiger partial charge in [-0.25, -0.2) is 4.68 Å². The van der Waals surface area contributed by atoms with Crippen molar-refractivity contribution in [1.82, 2.24) is 9.78 Å². The number of carbonyl (C=O) groups is 1. The molecular formula is C14H17BrN4O. The molecule has 1 aromatic heterocycles. The molecule has 0 fully saturated rings. The predicted octanol–water partition coefficient (Wildman–Crippen LogP) is 2.44. The van der Waals surface area contributed by atoms with Crippen LogP contribution in [0.15, 0.2) is 22.7 Å². The molecule has 0 bridgehead atoms. The van der Waals surface area contributed by atoms with Gasteiger partial charge < -0.3 is 11.5 Å². The average molecular weight is 337 g/mol. The first kappa shape index (κ1) is 14.6. The number of anilines is 1. The number of halogens is 1. The Morgan fingerprint density at radius 3 is 2.55 bits per heavy atom. The molecule has 0 saturated carbocycles. The minimum Gasteiger partial charge on any atom is -0.396 e. The summed E-state index contributed by atoms with van der Waals surface area (Å²) in [5.74, 6) is -0.464. The number of amides is 1. The van der Waals surface area contributed by atoms with Gasteiger partial charge in [0.15, 0.2) is 0 Å². The number of primary amides is 1. The third-order valence-electron chi connectivity index (χ3n) is 3.23. The summed E-state index contributed by atoms with van der Waals surface area (Å²) in [5, 5.41) is 4.54. The van der Waals surface area contributed by atoms with Gasteiger partial charge in [0, 0.05) is 4.47 Å². The highest BCUT2D eigenvalue weighted by atomic mass is 79.9. The van der Waals surface area contributed by atoms with E-state index in [2.05, 4.69) is 21.0 Å². The van der Waals surface area contributed by atoms with Crippen LogP contribution in [0.3, 0.4) is 0 Å². The summed E-state index contributed by atoms with van der Waals surface area (Å²) in [6.45, 7) is 4.06. The van der Waals surface area contributed by atoms with E-state index in [0.29, 0.717) is 10.0 Å². The average Bonchev–Trinajstić information content (AvgIpc) is 2.74. The molecule has 0 unspecified atom stereocenters. The number of rotatable bonds is 4. The fourth-order valence-corrected chi connectivity index (χ4v) is 2.73. The number of nitrogen functional groups attached to an aromatic ring is 1. The fourth-order valence-electron chi connectivity index (χ4n) is 2.17. The first-order chi connectivity index (χ1) is 9.49. The molecule has 2 rings (SSSR count). The summed E-state index contributed by atoms with van der Waals surface area (Å²) in [7, 11) is 0. The minimum absolute atomic E-state index is 0.447. The largest absolute Gasteiger partial charge is 0.396 e. The van der Waals surface area contributed by atoms with E-state index in [1.54, 1.807) is 6.07 Å². The van der Waals surface area contributed by atoms with Gasteiger partial charge in [-0.05, 0) is 47.0 Å². The maximum atomic E-state index is 11.2. The van der Waals surface area contributed by atoms with Gasteiger partial charge in [0.25, 0.3) is 0 Å². The molecule has 106 valence electrons. The summed E-state index contributed by atoms with van der Waals surface area (Å²) in [6.07, 6.45) is 1.57. The normalized spacial score (nSPS) is 10.8. The van der Waals surface area contributed by atoms with Gasteiger partial charge >= 0.3 is 0 Å². The first-order valence-electron chi connectivity index (χ1n) is 6.45. The lowest BCUT2D eigenvalue weighted by atomic mass is 10.2. The Balaban J connectivity index is 2.57. The number of hydrogen-bond donors (Lipinski definition) is 2. The molecule has 0 saturated heterocycles. The van der Waals surface area contributed by atoms with Crippen molar-refractivity contribution in [2.75, 3.05) is 5.73 Å². The summed E-state index contributed by atoms with van der Waals surface area (Å²) in [5.41, 5.74) is 15.3. The molecule has 1 aromatic carbocycles. The van der Waals surface area contributed by atoms with E-state index in [0.717, 1.165) is 35.6 Å². The SMILES string of the molecule is CCc1nn(-c2ccc(C(N)=O)c(Br)c2)c(CC)c1N. The third kappa shape index (κ3) is 2.43. The molecule has 0 atom stereocenters. The van der Waals surface area contributed by atoms with Gasteiger partial charge in [0.2, 0.25) is 5.91 Å². The molecule has 4 N–H and O–H groups in total. The second-order valence-corrected chi connectivity index (χ2v) is 5.31. The quantitative estimate of drug-likeness (QED) is 0.898. The maximum absolute atomic E-state index is 11.2. The summed E-state index contributed by atoms with van der Waals surface area (Å²) < 4.78 is 2.47. The molecule has 1 heterocycles. The smallest absolute Gasteiger partial charge is 0.249 e. The molecule has 0 radical (unpaired) electrons. The van der Waals surface area contributed by atoms with Crippen molar-refractivity contribution >= 4 is 27.5 Å². The summed E-state index contributed by atoms with van der Waals surface area (Å²) in [4.78, 5) is 11.2. The van der Waals surface area contributed by atoms with Crippen LogP contribution in [0.2, 0.25) is 0 Å². The molecule has 2 aromatic rings. The lowest BCUT2D eigenvalue weighted by molar-refractivity contribution is 0.0999. The summed E-state index contributed by atoms with van der Waals surface area (Å²) in [6, 6.07) is 5.33. The van der Waals surface area contributed by atoms with Gasteiger partial charge in [-0.15, -0.1) is 0 Å². The van der Waals surface area contributed by atoms with Crippen molar-refractivity contribution in [3.63, 3.8) is 0 Å². The van der Waals surface area contributed by atoms with Crippen LogP contribution in [-0.2, 0) is 12.8 Å². The van der Waals surface area contributed by atoms with Crippen molar-refractivity contribution in [3.8, 4) is 5.69 Å². The van der Waals surface area contributed by atoms with Gasteiger partial charge in [-0.2, -0.15) is 5.10 Å². The van der Waals surface area contributed by atoms with E-state index >= 15 is 0 Å². The van der Waals surface area contributed by atoms with Gasteiger partial charge in [-0.3, -0.25) is 4.79 Å². The number of benzene rings is 1. The molecule has 1 amide bonds. The van der Waals surface area contributed by atoms with Crippen LogP contribution < -0.4 is 11.5 Å². The Morgan fingerprint density at radius 1 is 1.35 bits per heavy atom. The lowest BCUT2D eigenvalue weighted by Crippen LogP contribution is -2.12. The molecule has 5 nitrogen and oxygen atoms in total. The van der Waals surface area contributed by atoms with Crippen molar-refractivity contribution < 1.29 is 4.79 Å². The van der Waals surface area contributed by atoms with Gasteiger partial charge in [-0.1, -0.05) is 13.8 Å².